The van der Waals surface area contributed by atoms with Gasteiger partial charge in [-0.2, -0.15) is 11.8 Å². The van der Waals surface area contributed by atoms with Crippen LogP contribution in [0, 0.1) is 6.92 Å². The molecule has 1 aliphatic rings. The average Bonchev–Trinajstić information content (AvgIpc) is 2.75. The maximum Gasteiger partial charge on any atom is 0.0388 e. The fraction of sp³-hybridized carbons (Fsp3) is 0.636. The van der Waals surface area contributed by atoms with Crippen molar-refractivity contribution in [2.45, 2.75) is 32.4 Å². The van der Waals surface area contributed by atoms with Crippen molar-refractivity contribution in [3.63, 3.8) is 0 Å². The van der Waals surface area contributed by atoms with Gasteiger partial charge in [0.2, 0.25) is 0 Å². The second-order valence-corrected chi connectivity index (χ2v) is 6.37. The van der Waals surface area contributed by atoms with Gasteiger partial charge < -0.3 is 5.32 Å². The van der Waals surface area contributed by atoms with Crippen molar-refractivity contribution in [3.8, 4) is 0 Å². The number of thiophene rings is 1. The number of hydrogen-bond acceptors (Lipinski definition) is 3. The first-order valence-electron chi connectivity index (χ1n) is 5.16. The van der Waals surface area contributed by atoms with Gasteiger partial charge in [-0.1, -0.05) is 0 Å². The molecule has 1 saturated heterocycles. The number of nitrogens with one attached hydrogen (secondary N) is 1. The minimum Gasteiger partial charge on any atom is -0.306 e. The topological polar surface area (TPSA) is 12.0 Å². The number of rotatable bonds is 3. The second-order valence-electron chi connectivity index (χ2n) is 3.90. The van der Waals surface area contributed by atoms with Crippen molar-refractivity contribution in [1.29, 1.82) is 0 Å². The summed E-state index contributed by atoms with van der Waals surface area (Å²) in [6, 6.07) is 5.72. The van der Waals surface area contributed by atoms with Crippen molar-refractivity contribution in [1.82, 2.24) is 5.32 Å². The molecule has 0 radical (unpaired) electrons. The Kier molecular flexibility index (Phi) is 3.52. The Balaban J connectivity index is 1.91. The first kappa shape index (κ1) is 10.5. The zero-order chi connectivity index (χ0) is 9.97. The first-order valence-corrected chi connectivity index (χ1v) is 7.13. The summed E-state index contributed by atoms with van der Waals surface area (Å²) in [6.07, 6.45) is 1.33. The van der Waals surface area contributed by atoms with Crippen molar-refractivity contribution in [2.75, 3.05) is 11.5 Å². The highest BCUT2D eigenvalue weighted by Gasteiger charge is 2.18. The standard InChI is InChI=1S/C11H17NS2/c1-8-3-4-11(14-8)9(2)12-10-5-6-13-7-10/h3-4,9-10,12H,5-7H2,1-2H3. The van der Waals surface area contributed by atoms with Gasteiger partial charge in [0.15, 0.2) is 0 Å². The zero-order valence-electron chi connectivity index (χ0n) is 8.75. The molecule has 2 atom stereocenters. The fourth-order valence-electron chi connectivity index (χ4n) is 1.79. The quantitative estimate of drug-likeness (QED) is 0.851. The molecule has 2 rings (SSSR count). The smallest absolute Gasteiger partial charge is 0.0388 e. The summed E-state index contributed by atoms with van der Waals surface area (Å²) in [5.41, 5.74) is 0. The van der Waals surface area contributed by atoms with Gasteiger partial charge in [-0.25, -0.2) is 0 Å². The third kappa shape index (κ3) is 2.53. The SMILES string of the molecule is Cc1ccc(C(C)NC2CCSC2)s1. The Bertz CT molecular complexity index is 289. The third-order valence-corrected chi connectivity index (χ3v) is 4.95. The molecule has 2 heterocycles. The van der Waals surface area contributed by atoms with Gasteiger partial charge in [-0.15, -0.1) is 11.3 Å². The first-order chi connectivity index (χ1) is 6.75. The van der Waals surface area contributed by atoms with E-state index in [-0.39, 0.29) is 0 Å². The summed E-state index contributed by atoms with van der Waals surface area (Å²) in [6.45, 7) is 4.45. The number of hydrogen-bond donors (Lipinski definition) is 1. The van der Waals surface area contributed by atoms with E-state index in [0.29, 0.717) is 6.04 Å². The Labute approximate surface area is 94.3 Å². The highest BCUT2D eigenvalue weighted by Crippen LogP contribution is 2.25. The van der Waals surface area contributed by atoms with Crippen LogP contribution in [-0.4, -0.2) is 17.5 Å². The molecule has 1 N–H and O–H groups in total. The molecule has 1 fully saturated rings. The number of thioether (sulfide) groups is 1. The second kappa shape index (κ2) is 4.69. The molecule has 0 aliphatic carbocycles. The van der Waals surface area contributed by atoms with Gasteiger partial charge >= 0.3 is 0 Å². The van der Waals surface area contributed by atoms with Gasteiger partial charge in [0.25, 0.3) is 0 Å². The lowest BCUT2D eigenvalue weighted by molar-refractivity contribution is 0.491. The predicted octanol–water partition coefficient (Wildman–Crippen LogP) is 3.21. The molecular weight excluding hydrogens is 210 g/mol. The largest absolute Gasteiger partial charge is 0.306 e. The summed E-state index contributed by atoms with van der Waals surface area (Å²) >= 11 is 3.98. The van der Waals surface area contributed by atoms with Crippen LogP contribution in [0.2, 0.25) is 0 Å². The van der Waals surface area contributed by atoms with Crippen molar-refractivity contribution >= 4 is 23.1 Å². The lowest BCUT2D eigenvalue weighted by atomic mass is 10.2. The van der Waals surface area contributed by atoms with Crippen LogP contribution in [0.25, 0.3) is 0 Å². The Morgan fingerprint density at radius 1 is 1.50 bits per heavy atom. The Morgan fingerprint density at radius 2 is 2.36 bits per heavy atom. The molecule has 1 aromatic heterocycles. The van der Waals surface area contributed by atoms with E-state index in [4.69, 9.17) is 0 Å². The van der Waals surface area contributed by atoms with Crippen LogP contribution in [0.15, 0.2) is 12.1 Å². The van der Waals surface area contributed by atoms with E-state index in [2.05, 4.69) is 43.1 Å². The van der Waals surface area contributed by atoms with Crippen LogP contribution < -0.4 is 5.32 Å². The lowest BCUT2D eigenvalue weighted by Crippen LogP contribution is -2.30. The van der Waals surface area contributed by atoms with E-state index in [1.165, 1.54) is 27.7 Å². The van der Waals surface area contributed by atoms with Crippen LogP contribution in [0.3, 0.4) is 0 Å². The maximum absolute atomic E-state index is 3.70. The molecule has 0 saturated carbocycles. The lowest BCUT2D eigenvalue weighted by Gasteiger charge is -2.17. The highest BCUT2D eigenvalue weighted by atomic mass is 32.2. The van der Waals surface area contributed by atoms with Gasteiger partial charge in [-0.3, -0.25) is 0 Å². The summed E-state index contributed by atoms with van der Waals surface area (Å²) in [4.78, 5) is 2.88. The molecule has 3 heteroatoms. The molecule has 1 nitrogen and oxygen atoms in total. The van der Waals surface area contributed by atoms with Crippen molar-refractivity contribution in [2.24, 2.45) is 0 Å². The van der Waals surface area contributed by atoms with Crippen LogP contribution in [-0.2, 0) is 0 Å². The maximum atomic E-state index is 3.70. The molecule has 0 spiro atoms. The molecule has 1 aromatic rings. The van der Waals surface area contributed by atoms with Gasteiger partial charge in [-0.05, 0) is 38.2 Å². The van der Waals surface area contributed by atoms with Gasteiger partial charge in [0.1, 0.15) is 0 Å². The molecule has 14 heavy (non-hydrogen) atoms. The van der Waals surface area contributed by atoms with E-state index < -0.39 is 0 Å². The van der Waals surface area contributed by atoms with Crippen LogP contribution in [0.4, 0.5) is 0 Å². The van der Waals surface area contributed by atoms with E-state index >= 15 is 0 Å². The summed E-state index contributed by atoms with van der Waals surface area (Å²) in [5, 5.41) is 3.70. The average molecular weight is 227 g/mol. The van der Waals surface area contributed by atoms with Crippen molar-refractivity contribution < 1.29 is 0 Å². The minimum atomic E-state index is 0.525. The van der Waals surface area contributed by atoms with Crippen LogP contribution in [0.1, 0.15) is 29.1 Å². The van der Waals surface area contributed by atoms with E-state index in [0.717, 1.165) is 6.04 Å². The summed E-state index contributed by atoms with van der Waals surface area (Å²) in [7, 11) is 0. The molecular formula is C11H17NS2. The van der Waals surface area contributed by atoms with E-state index in [9.17, 15) is 0 Å². The van der Waals surface area contributed by atoms with Crippen molar-refractivity contribution in [3.05, 3.63) is 21.9 Å². The van der Waals surface area contributed by atoms with E-state index in [1.54, 1.807) is 0 Å². The normalized spacial score (nSPS) is 24.0. The third-order valence-electron chi connectivity index (χ3n) is 2.60. The Morgan fingerprint density at radius 3 is 2.93 bits per heavy atom. The highest BCUT2D eigenvalue weighted by molar-refractivity contribution is 7.99. The zero-order valence-corrected chi connectivity index (χ0v) is 10.4. The molecule has 0 amide bonds. The predicted molar refractivity (Wildman–Crippen MR) is 66.3 cm³/mol. The monoisotopic (exact) mass is 227 g/mol. The van der Waals surface area contributed by atoms with Gasteiger partial charge in [0.05, 0.1) is 0 Å². The summed E-state index contributed by atoms with van der Waals surface area (Å²) < 4.78 is 0. The molecule has 78 valence electrons. The van der Waals surface area contributed by atoms with Gasteiger partial charge in [0, 0.05) is 27.6 Å². The molecule has 2 unspecified atom stereocenters. The molecule has 0 aromatic carbocycles. The van der Waals surface area contributed by atoms with E-state index in [1.807, 2.05) is 11.3 Å². The van der Waals surface area contributed by atoms with Crippen LogP contribution >= 0.6 is 23.1 Å². The fourth-order valence-corrected chi connectivity index (χ4v) is 3.84. The summed E-state index contributed by atoms with van der Waals surface area (Å²) in [5.74, 6) is 2.61. The number of aryl methyl sites for hydroxylation is 1. The molecule has 0 bridgehead atoms. The molecule has 1 aliphatic heterocycles. The Hall–Kier alpha value is 0.01000. The van der Waals surface area contributed by atoms with Crippen LogP contribution in [0.5, 0.6) is 0 Å². The minimum absolute atomic E-state index is 0.525.